The van der Waals surface area contributed by atoms with Gasteiger partial charge in [0.1, 0.15) is 48.8 Å². The molecule has 56 heavy (non-hydrogen) atoms. The van der Waals surface area contributed by atoms with Crippen molar-refractivity contribution in [2.24, 2.45) is 50.2 Å². The lowest BCUT2D eigenvalue weighted by atomic mass is 9.33. The van der Waals surface area contributed by atoms with Gasteiger partial charge in [0.25, 0.3) is 0 Å². The number of rotatable bonds is 7. The van der Waals surface area contributed by atoms with Crippen molar-refractivity contribution in [2.75, 3.05) is 19.8 Å². The van der Waals surface area contributed by atoms with Crippen molar-refractivity contribution in [2.45, 2.75) is 180 Å². The fourth-order valence-corrected chi connectivity index (χ4v) is 13.6. The number of aliphatic hydroxyl groups is 10. The molecule has 7 aliphatic rings. The molecule has 0 aromatic rings. The van der Waals surface area contributed by atoms with E-state index in [2.05, 4.69) is 54.5 Å². The van der Waals surface area contributed by atoms with Crippen LogP contribution in [0.1, 0.15) is 99.8 Å². The maximum Gasteiger partial charge on any atom is 0.187 e. The predicted octanol–water partition coefficient (Wildman–Crippen LogP) is 0.731. The third-order valence-corrected chi connectivity index (χ3v) is 17.4. The fraction of sp³-hybridized carbons (Fsp3) is 0.952. The normalized spacial score (nSPS) is 55.2. The summed E-state index contributed by atoms with van der Waals surface area (Å²) < 4.78 is 24.2. The summed E-state index contributed by atoms with van der Waals surface area (Å²) in [4.78, 5) is 0. The molecule has 2 heterocycles. The second-order valence-electron chi connectivity index (χ2n) is 21.0. The number of fused-ring (bicyclic) bond motifs is 7. The monoisotopic (exact) mass is 798 g/mol. The molecule has 0 aromatic heterocycles. The fourth-order valence-electron chi connectivity index (χ4n) is 13.6. The van der Waals surface area contributed by atoms with E-state index in [1.165, 1.54) is 5.57 Å². The van der Waals surface area contributed by atoms with Crippen molar-refractivity contribution in [3.63, 3.8) is 0 Å². The van der Waals surface area contributed by atoms with Gasteiger partial charge in [-0.25, -0.2) is 0 Å². The molecule has 6 fully saturated rings. The van der Waals surface area contributed by atoms with Crippen LogP contribution in [0.25, 0.3) is 0 Å². The molecule has 2 saturated heterocycles. The molecule has 0 aromatic carbocycles. The minimum absolute atomic E-state index is 0.00458. The van der Waals surface area contributed by atoms with Gasteiger partial charge < -0.3 is 70.0 Å². The zero-order chi connectivity index (χ0) is 41.1. The average Bonchev–Trinajstić information content (AvgIpc) is 3.13. The van der Waals surface area contributed by atoms with E-state index in [-0.39, 0.29) is 47.0 Å². The second kappa shape index (κ2) is 14.7. The van der Waals surface area contributed by atoms with E-state index < -0.39 is 109 Å². The maximum atomic E-state index is 12.4. The highest BCUT2D eigenvalue weighted by molar-refractivity contribution is 5.36. The Hall–Kier alpha value is -0.820. The molecule has 0 bridgehead atoms. The van der Waals surface area contributed by atoms with Crippen LogP contribution in [0, 0.1) is 50.2 Å². The van der Waals surface area contributed by atoms with Crippen molar-refractivity contribution >= 4 is 0 Å². The molecule has 14 nitrogen and oxygen atoms in total. The predicted molar refractivity (Wildman–Crippen MR) is 200 cm³/mol. The molecule has 4 saturated carbocycles. The van der Waals surface area contributed by atoms with E-state index in [0.717, 1.165) is 44.9 Å². The molecule has 0 radical (unpaired) electrons. The van der Waals surface area contributed by atoms with Gasteiger partial charge in [0.15, 0.2) is 12.6 Å². The largest absolute Gasteiger partial charge is 0.394 e. The van der Waals surface area contributed by atoms with Crippen LogP contribution in [0.5, 0.6) is 0 Å². The summed E-state index contributed by atoms with van der Waals surface area (Å²) in [7, 11) is 0. The molecular formula is C42H70O14. The summed E-state index contributed by atoms with van der Waals surface area (Å²) in [6.45, 7) is 14.4. The van der Waals surface area contributed by atoms with Gasteiger partial charge in [-0.2, -0.15) is 0 Å². The molecule has 10 N–H and O–H groups in total. The lowest BCUT2D eigenvalue weighted by Crippen LogP contribution is -2.70. The van der Waals surface area contributed by atoms with Gasteiger partial charge in [0, 0.05) is 23.2 Å². The average molecular weight is 799 g/mol. The quantitative estimate of drug-likeness (QED) is 0.160. The number of hydrogen-bond donors (Lipinski definition) is 10. The van der Waals surface area contributed by atoms with Crippen LogP contribution in [-0.4, -0.2) is 151 Å². The Kier molecular flexibility index (Phi) is 11.3. The SMILES string of the molecule is CC1(C)CCC2(COC3OC(CO)C(O)C(O)C3OC3OC(CO)C(O)C(O)C3O)CCC3(C)C(=CC(O)C4C5(C)C(O)CC(O)C(C)(C)C5CCC43C)C2C1. The van der Waals surface area contributed by atoms with Crippen LogP contribution in [0.4, 0.5) is 0 Å². The van der Waals surface area contributed by atoms with Gasteiger partial charge >= 0.3 is 0 Å². The number of hydrogen-bond acceptors (Lipinski definition) is 14. The first-order chi connectivity index (χ1) is 26.0. The van der Waals surface area contributed by atoms with Gasteiger partial charge in [0.05, 0.1) is 38.1 Å². The van der Waals surface area contributed by atoms with Crippen molar-refractivity contribution in [1.29, 1.82) is 0 Å². The van der Waals surface area contributed by atoms with Crippen molar-refractivity contribution in [3.8, 4) is 0 Å². The molecule has 20 atom stereocenters. The van der Waals surface area contributed by atoms with Gasteiger partial charge in [-0.1, -0.05) is 60.1 Å². The number of aliphatic hydroxyl groups excluding tert-OH is 10. The molecule has 0 amide bonds. The van der Waals surface area contributed by atoms with E-state index in [1.54, 1.807) is 0 Å². The Bertz CT molecular complexity index is 1470. The molecule has 2 aliphatic heterocycles. The van der Waals surface area contributed by atoms with Crippen LogP contribution in [0.2, 0.25) is 0 Å². The van der Waals surface area contributed by atoms with Crippen molar-refractivity contribution < 1.29 is 70.0 Å². The summed E-state index contributed by atoms with van der Waals surface area (Å²) >= 11 is 0. The molecule has 20 unspecified atom stereocenters. The number of ether oxygens (including phenoxy) is 4. The standard InChI is InChI=1S/C42H70O14/c1-37(2)10-12-42(19-53-36-33(31(51)29(49)24(18-44)55-36)56-35-32(52)30(50)28(48)23(17-43)54-35)13-11-39(5)20(21(42)16-37)14-22(45)34-40(39,6)9-8-25-38(3,4)26(46)15-27(47)41(25,34)7/h14,21-36,43-52H,8-13,15-19H2,1-7H3. The molecule has 5 aliphatic carbocycles. The van der Waals surface area contributed by atoms with Gasteiger partial charge in [-0.05, 0) is 78.4 Å². The van der Waals surface area contributed by atoms with Crippen LogP contribution in [0.15, 0.2) is 11.6 Å². The summed E-state index contributed by atoms with van der Waals surface area (Å²) in [6.07, 6.45) is -9.36. The third kappa shape index (κ3) is 6.34. The molecule has 14 heteroatoms. The first-order valence-electron chi connectivity index (χ1n) is 21.0. The maximum absolute atomic E-state index is 12.4. The van der Waals surface area contributed by atoms with Crippen LogP contribution < -0.4 is 0 Å². The highest BCUT2D eigenvalue weighted by Crippen LogP contribution is 2.75. The summed E-state index contributed by atoms with van der Waals surface area (Å²) in [6, 6.07) is 0. The van der Waals surface area contributed by atoms with Crippen molar-refractivity contribution in [1.82, 2.24) is 0 Å². The van der Waals surface area contributed by atoms with E-state index >= 15 is 0 Å². The van der Waals surface area contributed by atoms with E-state index in [0.29, 0.717) is 0 Å². The molecule has 322 valence electrons. The minimum atomic E-state index is -1.77. The summed E-state index contributed by atoms with van der Waals surface area (Å²) in [5, 5.41) is 109. The van der Waals surface area contributed by atoms with Gasteiger partial charge in [-0.3, -0.25) is 0 Å². The van der Waals surface area contributed by atoms with E-state index in [1.807, 2.05) is 0 Å². The Morgan fingerprint density at radius 3 is 1.95 bits per heavy atom. The van der Waals surface area contributed by atoms with Crippen molar-refractivity contribution in [3.05, 3.63) is 11.6 Å². The number of allylic oxidation sites excluding steroid dienone is 1. The molecule has 0 spiro atoms. The Morgan fingerprint density at radius 1 is 0.696 bits per heavy atom. The zero-order valence-corrected chi connectivity index (χ0v) is 34.2. The van der Waals surface area contributed by atoms with Gasteiger partial charge in [0.2, 0.25) is 0 Å². The lowest BCUT2D eigenvalue weighted by Gasteiger charge is -2.72. The highest BCUT2D eigenvalue weighted by atomic mass is 16.8. The van der Waals surface area contributed by atoms with Gasteiger partial charge in [-0.15, -0.1) is 0 Å². The van der Waals surface area contributed by atoms with Crippen LogP contribution >= 0.6 is 0 Å². The van der Waals surface area contributed by atoms with E-state index in [9.17, 15) is 51.1 Å². The smallest absolute Gasteiger partial charge is 0.187 e. The second-order valence-corrected chi connectivity index (χ2v) is 21.0. The Morgan fingerprint density at radius 2 is 1.30 bits per heavy atom. The van der Waals surface area contributed by atoms with Crippen LogP contribution in [0.3, 0.4) is 0 Å². The zero-order valence-electron chi connectivity index (χ0n) is 34.2. The van der Waals surface area contributed by atoms with E-state index in [4.69, 9.17) is 18.9 Å². The lowest BCUT2D eigenvalue weighted by molar-refractivity contribution is -0.370. The summed E-state index contributed by atoms with van der Waals surface area (Å²) in [5.74, 6) is -0.214. The topological polar surface area (TPSA) is 239 Å². The first kappa shape index (κ1) is 43.3. The minimum Gasteiger partial charge on any atom is -0.394 e. The van der Waals surface area contributed by atoms with Crippen LogP contribution in [-0.2, 0) is 18.9 Å². The molecule has 7 rings (SSSR count). The Balaban J connectivity index is 1.21. The Labute approximate surface area is 330 Å². The first-order valence-corrected chi connectivity index (χ1v) is 21.0. The molecular weight excluding hydrogens is 728 g/mol. The third-order valence-electron chi connectivity index (χ3n) is 17.4. The summed E-state index contributed by atoms with van der Waals surface area (Å²) in [5.41, 5.74) is -0.943. The highest BCUT2D eigenvalue weighted by Gasteiger charge is 2.72.